The standard InChI is InChI=1S/C25H21Cl2N3O3/c1-33-23-13-18(27)12-21(25(32)29-19-8-6-17(26)7-9-19)20(23)14-22(31)15-2-4-16(5-3-15)24(28)30-10-11-30/h2-9,12-13,28H,10-11,14H2,1H3,(H,29,32). The minimum absolute atomic E-state index is 0.0490. The van der Waals surface area contributed by atoms with E-state index in [4.69, 9.17) is 33.3 Å². The second-order valence-corrected chi connectivity index (χ2v) is 8.48. The average Bonchev–Trinajstić information content (AvgIpc) is 3.66. The number of hydrogen-bond acceptors (Lipinski definition) is 4. The zero-order valence-electron chi connectivity index (χ0n) is 17.8. The van der Waals surface area contributed by atoms with Gasteiger partial charge in [-0.2, -0.15) is 0 Å². The van der Waals surface area contributed by atoms with E-state index in [1.807, 2.05) is 4.90 Å². The normalized spacial score (nSPS) is 12.3. The van der Waals surface area contributed by atoms with Crippen molar-refractivity contribution in [3.8, 4) is 5.75 Å². The fourth-order valence-electron chi connectivity index (χ4n) is 3.44. The van der Waals surface area contributed by atoms with Gasteiger partial charge in [0, 0.05) is 57.5 Å². The summed E-state index contributed by atoms with van der Waals surface area (Å²) in [7, 11) is 1.47. The third kappa shape index (κ3) is 5.35. The van der Waals surface area contributed by atoms with Crippen LogP contribution in [0.5, 0.6) is 5.75 Å². The van der Waals surface area contributed by atoms with E-state index in [9.17, 15) is 9.59 Å². The summed E-state index contributed by atoms with van der Waals surface area (Å²) in [5, 5.41) is 11.8. The highest BCUT2D eigenvalue weighted by atomic mass is 35.5. The van der Waals surface area contributed by atoms with Gasteiger partial charge in [-0.25, -0.2) is 0 Å². The summed E-state index contributed by atoms with van der Waals surface area (Å²) in [6.45, 7) is 1.77. The van der Waals surface area contributed by atoms with Gasteiger partial charge in [-0.1, -0.05) is 47.5 Å². The van der Waals surface area contributed by atoms with Crippen LogP contribution in [0, 0.1) is 5.41 Å². The van der Waals surface area contributed by atoms with Gasteiger partial charge in [0.1, 0.15) is 11.6 Å². The zero-order valence-corrected chi connectivity index (χ0v) is 19.3. The second-order valence-electron chi connectivity index (χ2n) is 7.61. The molecule has 1 saturated heterocycles. The van der Waals surface area contributed by atoms with E-state index in [0.717, 1.165) is 18.7 Å². The molecule has 0 saturated carbocycles. The van der Waals surface area contributed by atoms with Crippen molar-refractivity contribution in [1.29, 1.82) is 5.41 Å². The van der Waals surface area contributed by atoms with E-state index in [1.54, 1.807) is 54.6 Å². The number of amides is 1. The van der Waals surface area contributed by atoms with Gasteiger partial charge in [0.15, 0.2) is 5.78 Å². The van der Waals surface area contributed by atoms with Gasteiger partial charge in [0.25, 0.3) is 5.91 Å². The SMILES string of the molecule is COc1cc(Cl)cc(C(=O)Nc2ccc(Cl)cc2)c1CC(=O)c1ccc(C(=N)N2CC2)cc1. The lowest BCUT2D eigenvalue weighted by atomic mass is 9.96. The van der Waals surface area contributed by atoms with E-state index in [2.05, 4.69) is 5.32 Å². The average molecular weight is 482 g/mol. The third-order valence-electron chi connectivity index (χ3n) is 5.32. The van der Waals surface area contributed by atoms with Crippen LogP contribution in [0.2, 0.25) is 10.0 Å². The van der Waals surface area contributed by atoms with Crippen molar-refractivity contribution < 1.29 is 14.3 Å². The van der Waals surface area contributed by atoms with Crippen LogP contribution in [0.4, 0.5) is 5.69 Å². The topological polar surface area (TPSA) is 82.3 Å². The van der Waals surface area contributed by atoms with Crippen LogP contribution in [0.25, 0.3) is 0 Å². The van der Waals surface area contributed by atoms with Crippen LogP contribution in [0.3, 0.4) is 0 Å². The second kappa shape index (κ2) is 9.65. The Bertz CT molecular complexity index is 1220. The van der Waals surface area contributed by atoms with Crippen molar-refractivity contribution in [1.82, 2.24) is 4.90 Å². The van der Waals surface area contributed by atoms with Crippen LogP contribution < -0.4 is 10.1 Å². The van der Waals surface area contributed by atoms with Gasteiger partial charge in [0.2, 0.25) is 0 Å². The largest absolute Gasteiger partial charge is 0.496 e. The van der Waals surface area contributed by atoms with Crippen LogP contribution >= 0.6 is 23.2 Å². The number of benzene rings is 3. The number of methoxy groups -OCH3 is 1. The van der Waals surface area contributed by atoms with Gasteiger partial charge in [-0.15, -0.1) is 0 Å². The molecule has 1 fully saturated rings. The molecule has 0 atom stereocenters. The first-order valence-corrected chi connectivity index (χ1v) is 11.0. The van der Waals surface area contributed by atoms with Gasteiger partial charge >= 0.3 is 0 Å². The highest BCUT2D eigenvalue weighted by molar-refractivity contribution is 6.31. The molecule has 8 heteroatoms. The van der Waals surface area contributed by atoms with Crippen molar-refractivity contribution in [3.63, 3.8) is 0 Å². The predicted molar refractivity (Wildman–Crippen MR) is 130 cm³/mol. The lowest BCUT2D eigenvalue weighted by Gasteiger charge is -2.15. The van der Waals surface area contributed by atoms with E-state index in [1.165, 1.54) is 13.2 Å². The van der Waals surface area contributed by atoms with Gasteiger partial charge in [-0.05, 0) is 36.4 Å². The molecule has 2 N–H and O–H groups in total. The lowest BCUT2D eigenvalue weighted by molar-refractivity contribution is 0.0991. The van der Waals surface area contributed by atoms with E-state index in [-0.39, 0.29) is 17.8 Å². The first kappa shape index (κ1) is 22.8. The Morgan fingerprint density at radius 1 is 0.970 bits per heavy atom. The van der Waals surface area contributed by atoms with Crippen LogP contribution in [0.15, 0.2) is 60.7 Å². The number of Topliss-reactive ketones (excluding diaryl/α,β-unsaturated/α-hetero) is 1. The minimum atomic E-state index is -0.414. The molecule has 3 aromatic carbocycles. The Morgan fingerprint density at radius 2 is 1.61 bits per heavy atom. The summed E-state index contributed by atoms with van der Waals surface area (Å²) in [4.78, 5) is 28.0. The number of nitrogens with one attached hydrogen (secondary N) is 2. The smallest absolute Gasteiger partial charge is 0.256 e. The van der Waals surface area contributed by atoms with E-state index < -0.39 is 5.91 Å². The van der Waals surface area contributed by atoms with Gasteiger partial charge in [-0.3, -0.25) is 15.0 Å². The Hall–Kier alpha value is -3.35. The lowest BCUT2D eigenvalue weighted by Crippen LogP contribution is -2.17. The van der Waals surface area contributed by atoms with Crippen molar-refractivity contribution in [3.05, 3.63) is 93.0 Å². The number of nitrogens with zero attached hydrogens (tertiary/aromatic N) is 1. The molecule has 0 aromatic heterocycles. The highest BCUT2D eigenvalue weighted by Gasteiger charge is 2.23. The first-order valence-electron chi connectivity index (χ1n) is 10.3. The summed E-state index contributed by atoms with van der Waals surface area (Å²) < 4.78 is 5.44. The molecule has 1 heterocycles. The van der Waals surface area contributed by atoms with Crippen LogP contribution in [-0.2, 0) is 6.42 Å². The van der Waals surface area contributed by atoms with E-state index in [0.29, 0.717) is 38.4 Å². The Labute approximate surface area is 201 Å². The number of anilines is 1. The molecule has 0 unspecified atom stereocenters. The maximum Gasteiger partial charge on any atom is 0.256 e. The number of hydrogen-bond donors (Lipinski definition) is 2. The fraction of sp³-hybridized carbons (Fsp3) is 0.160. The highest BCUT2D eigenvalue weighted by Crippen LogP contribution is 2.30. The molecule has 4 rings (SSSR count). The molecule has 6 nitrogen and oxygen atoms in total. The number of ether oxygens (including phenoxy) is 1. The molecular formula is C25H21Cl2N3O3. The van der Waals surface area contributed by atoms with Crippen LogP contribution in [-0.4, -0.2) is 42.6 Å². The first-order chi connectivity index (χ1) is 15.9. The Balaban J connectivity index is 1.59. The quantitative estimate of drug-likeness (QED) is 0.207. The zero-order chi connectivity index (χ0) is 23.5. The summed E-state index contributed by atoms with van der Waals surface area (Å²) >= 11 is 12.1. The van der Waals surface area contributed by atoms with Gasteiger partial charge in [0.05, 0.1) is 7.11 Å². The Morgan fingerprint density at radius 3 is 2.21 bits per heavy atom. The molecule has 33 heavy (non-hydrogen) atoms. The number of halogens is 2. The number of ketones is 1. The predicted octanol–water partition coefficient (Wildman–Crippen LogP) is 5.32. The van der Waals surface area contributed by atoms with Crippen molar-refractivity contribution in [2.24, 2.45) is 0 Å². The van der Waals surface area contributed by atoms with Gasteiger partial charge < -0.3 is 15.0 Å². The molecule has 1 aliphatic heterocycles. The molecule has 1 amide bonds. The van der Waals surface area contributed by atoms with Crippen molar-refractivity contribution in [2.45, 2.75) is 6.42 Å². The van der Waals surface area contributed by atoms with Crippen molar-refractivity contribution >= 4 is 46.4 Å². The molecule has 0 bridgehead atoms. The number of carbonyl (C=O) groups excluding carboxylic acids is 2. The summed E-state index contributed by atoms with van der Waals surface area (Å²) in [6.07, 6.45) is -0.0490. The molecule has 0 spiro atoms. The molecule has 0 radical (unpaired) electrons. The van der Waals surface area contributed by atoms with Crippen LogP contribution in [0.1, 0.15) is 31.8 Å². The summed E-state index contributed by atoms with van der Waals surface area (Å²) in [6, 6.07) is 16.7. The van der Waals surface area contributed by atoms with E-state index >= 15 is 0 Å². The maximum atomic E-state index is 13.1. The molecular weight excluding hydrogens is 461 g/mol. The van der Waals surface area contributed by atoms with Crippen molar-refractivity contribution in [2.75, 3.05) is 25.5 Å². The molecule has 3 aromatic rings. The summed E-state index contributed by atoms with van der Waals surface area (Å²) in [5.41, 5.74) is 2.50. The monoisotopic (exact) mass is 481 g/mol. The summed E-state index contributed by atoms with van der Waals surface area (Å²) in [5.74, 6) is 0.218. The molecule has 168 valence electrons. The maximum absolute atomic E-state index is 13.1. The third-order valence-corrected chi connectivity index (χ3v) is 5.79. The minimum Gasteiger partial charge on any atom is -0.496 e. The fourth-order valence-corrected chi connectivity index (χ4v) is 3.78. The molecule has 0 aliphatic carbocycles. The number of rotatable bonds is 7. The molecule has 1 aliphatic rings. The number of carbonyl (C=O) groups is 2. The Kier molecular flexibility index (Phi) is 6.67. The number of amidine groups is 1.